The van der Waals surface area contributed by atoms with Crippen LogP contribution in [0.1, 0.15) is 0 Å². The highest BCUT2D eigenvalue weighted by Crippen LogP contribution is 2.35. The SMILES string of the molecule is Nc1ccc(-c2ccc3c(c2)OCO3)cc1. The lowest BCUT2D eigenvalue weighted by molar-refractivity contribution is 0.174. The molecule has 0 unspecified atom stereocenters. The van der Waals surface area contributed by atoms with E-state index in [2.05, 4.69) is 0 Å². The summed E-state index contributed by atoms with van der Waals surface area (Å²) in [7, 11) is 0. The molecule has 16 heavy (non-hydrogen) atoms. The fraction of sp³-hybridized carbons (Fsp3) is 0.0769. The predicted molar refractivity (Wildman–Crippen MR) is 62.4 cm³/mol. The highest BCUT2D eigenvalue weighted by atomic mass is 16.7. The van der Waals surface area contributed by atoms with Crippen LogP contribution < -0.4 is 15.2 Å². The third-order valence-electron chi connectivity index (χ3n) is 2.62. The van der Waals surface area contributed by atoms with Gasteiger partial charge in [0, 0.05) is 5.69 Å². The van der Waals surface area contributed by atoms with Gasteiger partial charge in [-0.25, -0.2) is 0 Å². The first kappa shape index (κ1) is 9.09. The quantitative estimate of drug-likeness (QED) is 0.740. The normalized spacial score (nSPS) is 12.8. The first-order chi connectivity index (χ1) is 7.83. The summed E-state index contributed by atoms with van der Waals surface area (Å²) in [5.41, 5.74) is 8.64. The van der Waals surface area contributed by atoms with Crippen molar-refractivity contribution in [2.75, 3.05) is 12.5 Å². The largest absolute Gasteiger partial charge is 0.454 e. The van der Waals surface area contributed by atoms with Crippen LogP contribution in [0.25, 0.3) is 11.1 Å². The zero-order chi connectivity index (χ0) is 11.0. The molecule has 0 fully saturated rings. The summed E-state index contributed by atoms with van der Waals surface area (Å²) in [5.74, 6) is 1.61. The molecule has 0 amide bonds. The van der Waals surface area contributed by atoms with Gasteiger partial charge in [0.15, 0.2) is 11.5 Å². The average molecular weight is 213 g/mol. The number of anilines is 1. The molecule has 3 rings (SSSR count). The first-order valence-electron chi connectivity index (χ1n) is 5.08. The Bertz CT molecular complexity index is 520. The number of rotatable bonds is 1. The molecule has 0 spiro atoms. The van der Waals surface area contributed by atoms with Crippen molar-refractivity contribution in [2.24, 2.45) is 0 Å². The second kappa shape index (κ2) is 3.45. The van der Waals surface area contributed by atoms with Gasteiger partial charge in [0.2, 0.25) is 6.79 Å². The van der Waals surface area contributed by atoms with Crippen molar-refractivity contribution in [3.8, 4) is 22.6 Å². The molecule has 0 aromatic heterocycles. The number of ether oxygens (including phenoxy) is 2. The highest BCUT2D eigenvalue weighted by molar-refractivity contribution is 5.68. The molecule has 0 bridgehead atoms. The Balaban J connectivity index is 2.03. The number of nitrogens with two attached hydrogens (primary N) is 1. The van der Waals surface area contributed by atoms with Crippen LogP contribution in [-0.4, -0.2) is 6.79 Å². The molecule has 0 radical (unpaired) electrons. The monoisotopic (exact) mass is 213 g/mol. The van der Waals surface area contributed by atoms with Gasteiger partial charge in [0.1, 0.15) is 0 Å². The molecule has 0 saturated carbocycles. The van der Waals surface area contributed by atoms with Crippen LogP contribution in [0.3, 0.4) is 0 Å². The Labute approximate surface area is 93.4 Å². The molecule has 1 aliphatic rings. The lowest BCUT2D eigenvalue weighted by Gasteiger charge is -2.03. The molecule has 2 aromatic rings. The van der Waals surface area contributed by atoms with Gasteiger partial charge >= 0.3 is 0 Å². The highest BCUT2D eigenvalue weighted by Gasteiger charge is 2.13. The number of hydrogen-bond acceptors (Lipinski definition) is 3. The molecule has 80 valence electrons. The number of fused-ring (bicyclic) bond motifs is 1. The Morgan fingerprint density at radius 2 is 1.50 bits per heavy atom. The van der Waals surface area contributed by atoms with Gasteiger partial charge in [-0.15, -0.1) is 0 Å². The molecule has 0 aliphatic carbocycles. The molecule has 1 aliphatic heterocycles. The van der Waals surface area contributed by atoms with E-state index in [9.17, 15) is 0 Å². The Kier molecular flexibility index (Phi) is 1.96. The molecule has 1 heterocycles. The smallest absolute Gasteiger partial charge is 0.231 e. The Morgan fingerprint density at radius 1 is 0.812 bits per heavy atom. The fourth-order valence-electron chi connectivity index (χ4n) is 1.75. The Hall–Kier alpha value is -2.16. The minimum absolute atomic E-state index is 0.306. The van der Waals surface area contributed by atoms with Crippen LogP contribution in [-0.2, 0) is 0 Å². The van der Waals surface area contributed by atoms with E-state index in [0.717, 1.165) is 28.3 Å². The lowest BCUT2D eigenvalue weighted by Crippen LogP contribution is -1.92. The maximum Gasteiger partial charge on any atom is 0.231 e. The molecule has 0 saturated heterocycles. The molecule has 0 atom stereocenters. The number of benzene rings is 2. The first-order valence-corrected chi connectivity index (χ1v) is 5.08. The van der Waals surface area contributed by atoms with E-state index in [1.807, 2.05) is 42.5 Å². The van der Waals surface area contributed by atoms with E-state index in [4.69, 9.17) is 15.2 Å². The van der Waals surface area contributed by atoms with E-state index in [1.165, 1.54) is 0 Å². The van der Waals surface area contributed by atoms with Crippen LogP contribution in [0, 0.1) is 0 Å². The predicted octanol–water partition coefficient (Wildman–Crippen LogP) is 2.66. The van der Waals surface area contributed by atoms with Crippen molar-refractivity contribution in [1.29, 1.82) is 0 Å². The minimum atomic E-state index is 0.306. The third-order valence-corrected chi connectivity index (χ3v) is 2.62. The van der Waals surface area contributed by atoms with Crippen molar-refractivity contribution in [2.45, 2.75) is 0 Å². The van der Waals surface area contributed by atoms with Gasteiger partial charge in [0.25, 0.3) is 0 Å². The van der Waals surface area contributed by atoms with E-state index >= 15 is 0 Å². The third kappa shape index (κ3) is 1.46. The second-order valence-electron chi connectivity index (χ2n) is 3.69. The van der Waals surface area contributed by atoms with Crippen molar-refractivity contribution >= 4 is 5.69 Å². The van der Waals surface area contributed by atoms with Crippen molar-refractivity contribution in [1.82, 2.24) is 0 Å². The van der Waals surface area contributed by atoms with Gasteiger partial charge in [0.05, 0.1) is 0 Å². The number of nitrogen functional groups attached to an aromatic ring is 1. The van der Waals surface area contributed by atoms with E-state index in [0.29, 0.717) is 6.79 Å². The average Bonchev–Trinajstić information content (AvgIpc) is 2.77. The van der Waals surface area contributed by atoms with E-state index < -0.39 is 0 Å². The van der Waals surface area contributed by atoms with E-state index in [-0.39, 0.29) is 0 Å². The van der Waals surface area contributed by atoms with Gasteiger partial charge in [-0.2, -0.15) is 0 Å². The van der Waals surface area contributed by atoms with Crippen LogP contribution in [0.2, 0.25) is 0 Å². The number of hydrogen-bond donors (Lipinski definition) is 1. The summed E-state index contributed by atoms with van der Waals surface area (Å²) in [5, 5.41) is 0. The van der Waals surface area contributed by atoms with Gasteiger partial charge in [-0.05, 0) is 35.4 Å². The van der Waals surface area contributed by atoms with Crippen LogP contribution in [0.15, 0.2) is 42.5 Å². The summed E-state index contributed by atoms with van der Waals surface area (Å²) in [6, 6.07) is 13.7. The summed E-state index contributed by atoms with van der Waals surface area (Å²) in [4.78, 5) is 0. The topological polar surface area (TPSA) is 44.5 Å². The molecular formula is C13H11NO2. The van der Waals surface area contributed by atoms with Crippen molar-refractivity contribution in [3.05, 3.63) is 42.5 Å². The molecular weight excluding hydrogens is 202 g/mol. The summed E-state index contributed by atoms with van der Waals surface area (Å²) in [6.07, 6.45) is 0. The molecule has 3 nitrogen and oxygen atoms in total. The molecule has 2 aromatic carbocycles. The molecule has 3 heteroatoms. The summed E-state index contributed by atoms with van der Waals surface area (Å²) >= 11 is 0. The van der Waals surface area contributed by atoms with Gasteiger partial charge in [-0.3, -0.25) is 0 Å². The van der Waals surface area contributed by atoms with Crippen molar-refractivity contribution < 1.29 is 9.47 Å². The fourth-order valence-corrected chi connectivity index (χ4v) is 1.75. The Morgan fingerprint density at radius 3 is 2.31 bits per heavy atom. The molecule has 2 N–H and O–H groups in total. The lowest BCUT2D eigenvalue weighted by atomic mass is 10.0. The summed E-state index contributed by atoms with van der Waals surface area (Å²) < 4.78 is 10.6. The minimum Gasteiger partial charge on any atom is -0.454 e. The zero-order valence-corrected chi connectivity index (χ0v) is 8.64. The standard InChI is InChI=1S/C13H11NO2/c14-11-4-1-9(2-5-11)10-3-6-12-13(7-10)16-8-15-12/h1-7H,8,14H2. The zero-order valence-electron chi connectivity index (χ0n) is 8.64. The maximum atomic E-state index is 5.65. The summed E-state index contributed by atoms with van der Waals surface area (Å²) in [6.45, 7) is 0.306. The van der Waals surface area contributed by atoms with Crippen LogP contribution in [0.5, 0.6) is 11.5 Å². The van der Waals surface area contributed by atoms with Gasteiger partial charge < -0.3 is 15.2 Å². The maximum absolute atomic E-state index is 5.65. The second-order valence-corrected chi connectivity index (χ2v) is 3.69. The van der Waals surface area contributed by atoms with Crippen LogP contribution >= 0.6 is 0 Å². The van der Waals surface area contributed by atoms with E-state index in [1.54, 1.807) is 0 Å². The van der Waals surface area contributed by atoms with Crippen molar-refractivity contribution in [3.63, 3.8) is 0 Å². The van der Waals surface area contributed by atoms with Gasteiger partial charge in [-0.1, -0.05) is 18.2 Å². The van der Waals surface area contributed by atoms with Crippen LogP contribution in [0.4, 0.5) is 5.69 Å².